The van der Waals surface area contributed by atoms with Gasteiger partial charge in [-0.1, -0.05) is 82.3 Å². The maximum Gasteiger partial charge on any atom is 0.166 e. The van der Waals surface area contributed by atoms with Gasteiger partial charge in [0.05, 0.1) is 10.9 Å². The summed E-state index contributed by atoms with van der Waals surface area (Å²) in [5.41, 5.74) is 0. The van der Waals surface area contributed by atoms with Gasteiger partial charge in [-0.25, -0.2) is 0 Å². The van der Waals surface area contributed by atoms with Crippen LogP contribution in [0.25, 0.3) is 0 Å². The molecule has 138 valence electrons. The summed E-state index contributed by atoms with van der Waals surface area (Å²) in [7, 11) is -0.0146. The van der Waals surface area contributed by atoms with Gasteiger partial charge in [-0.15, -0.1) is 0 Å². The summed E-state index contributed by atoms with van der Waals surface area (Å²) < 4.78 is 0. The van der Waals surface area contributed by atoms with Gasteiger partial charge < -0.3 is 7.43 Å². The molecule has 0 aliphatic heterocycles. The van der Waals surface area contributed by atoms with E-state index in [2.05, 4.69) is 91.0 Å². The van der Waals surface area contributed by atoms with E-state index < -0.39 is 0 Å². The van der Waals surface area contributed by atoms with Gasteiger partial charge in [-0.05, 0) is 36.4 Å². The minimum atomic E-state index is -0.0146. The molecule has 26 heavy (non-hydrogen) atoms. The minimum Gasteiger partial charge on any atom is -0.358 e. The molecule has 0 spiro atoms. The van der Waals surface area contributed by atoms with Crippen LogP contribution in [0.4, 0.5) is 0 Å². The molecule has 0 saturated heterocycles. The minimum absolute atomic E-state index is 0. The molecule has 0 aromatic heterocycles. The zero-order valence-electron chi connectivity index (χ0n) is 16.5. The molecule has 0 bridgehead atoms. The molecule has 0 saturated carbocycles. The van der Waals surface area contributed by atoms with Crippen molar-refractivity contribution < 1.29 is 53.1 Å². The Morgan fingerprint density at radius 1 is 0.462 bits per heavy atom. The fourth-order valence-electron chi connectivity index (χ4n) is 2.08. The summed E-state index contributed by atoms with van der Waals surface area (Å²) in [6.45, 7) is 8.00. The van der Waals surface area contributed by atoms with Crippen molar-refractivity contribution in [1.29, 1.82) is 0 Å². The summed E-state index contributed by atoms with van der Waals surface area (Å²) in [6.07, 6.45) is 0. The monoisotopic (exact) mass is 614 g/mol. The van der Waals surface area contributed by atoms with Crippen LogP contribution in [0.3, 0.4) is 0 Å². The first-order valence-corrected chi connectivity index (χ1v) is 9.57. The molecule has 0 aliphatic carbocycles. The number of rotatable bonds is 3. The van der Waals surface area contributed by atoms with Crippen molar-refractivity contribution in [3.63, 3.8) is 0 Å². The van der Waals surface area contributed by atoms with Crippen LogP contribution < -0.4 is 0 Å². The first kappa shape index (κ1) is 30.5. The fourth-order valence-corrected chi connectivity index (χ4v) is 4.18. The third-order valence-corrected chi connectivity index (χ3v) is 5.17. The topological polar surface area (TPSA) is 0 Å². The van der Waals surface area contributed by atoms with Crippen molar-refractivity contribution in [1.82, 2.24) is 0 Å². The Kier molecular flexibility index (Phi) is 22.9. The van der Waals surface area contributed by atoms with Gasteiger partial charge in [0.2, 0.25) is 0 Å². The Hall–Kier alpha value is -0.224. The number of hydrogen-bond donors (Lipinski definition) is 0. The van der Waals surface area contributed by atoms with Gasteiger partial charge in [-0.3, -0.25) is 0 Å². The van der Waals surface area contributed by atoms with Crippen molar-refractivity contribution >= 4 is 10.9 Å². The zero-order valence-corrected chi connectivity index (χ0v) is 22.9. The van der Waals surface area contributed by atoms with Crippen LogP contribution in [-0.2, 0) is 64.0 Å². The molecule has 0 heterocycles. The molecular formula is C23H30ReSY. The van der Waals surface area contributed by atoms with Gasteiger partial charge in [0, 0.05) is 53.1 Å². The normalized spacial score (nSPS) is 8.19. The van der Waals surface area contributed by atoms with Crippen LogP contribution in [0, 0.1) is 7.43 Å². The molecule has 3 heteroatoms. The first-order valence-electron chi connectivity index (χ1n) is 8.34. The third kappa shape index (κ3) is 9.64. The van der Waals surface area contributed by atoms with Crippen molar-refractivity contribution in [3.05, 3.63) is 98.4 Å². The van der Waals surface area contributed by atoms with Crippen LogP contribution in [-0.4, -0.2) is 0 Å². The second-order valence-corrected chi connectivity index (χ2v) is 6.27. The zero-order chi connectivity index (χ0) is 16.9. The van der Waals surface area contributed by atoms with Crippen molar-refractivity contribution in [2.24, 2.45) is 0 Å². The molecule has 0 atom stereocenters. The van der Waals surface area contributed by atoms with Crippen LogP contribution in [0.2, 0.25) is 0 Å². The van der Waals surface area contributed by atoms with E-state index in [1.54, 1.807) is 0 Å². The van der Waals surface area contributed by atoms with E-state index >= 15 is 0 Å². The summed E-state index contributed by atoms with van der Waals surface area (Å²) in [5, 5.41) is 0. The Morgan fingerprint density at radius 3 is 0.846 bits per heavy atom. The average molecular weight is 614 g/mol. The molecule has 0 aliphatic rings. The predicted molar refractivity (Wildman–Crippen MR) is 111 cm³/mol. The van der Waals surface area contributed by atoms with Gasteiger partial charge in [-0.2, -0.15) is 0 Å². The maximum atomic E-state index is 2.21. The quantitative estimate of drug-likeness (QED) is 0.215. The van der Waals surface area contributed by atoms with E-state index in [9.17, 15) is 0 Å². The Labute approximate surface area is 203 Å². The van der Waals surface area contributed by atoms with E-state index in [0.717, 1.165) is 0 Å². The summed E-state index contributed by atoms with van der Waals surface area (Å²) in [5.74, 6) is 0. The Bertz CT molecular complexity index is 536. The number of benzene rings is 3. The maximum absolute atomic E-state index is 2.21. The van der Waals surface area contributed by atoms with Gasteiger partial charge >= 0.3 is 0 Å². The van der Waals surface area contributed by atoms with Crippen LogP contribution in [0.1, 0.15) is 27.7 Å². The van der Waals surface area contributed by atoms with Crippen molar-refractivity contribution in [3.8, 4) is 0 Å². The van der Waals surface area contributed by atoms with Crippen LogP contribution >= 0.6 is 0 Å². The summed E-state index contributed by atoms with van der Waals surface area (Å²) >= 11 is 0. The molecule has 0 fully saturated rings. The molecule has 3 rings (SSSR count). The molecule has 0 unspecified atom stereocenters. The second kappa shape index (κ2) is 19.5. The molecular weight excluding hydrogens is 583 g/mol. The molecule has 3 aromatic rings. The molecule has 0 amide bonds. The standard InChI is InChI=1S/C18H15S.2C2H6.CH3.Re.Y/c1-4-10-16(11-5-1)19(17-12-6-2-7-13-17)18-14-8-3-9-15-18;2*1-2;;;/h1-15H;2*1-2H3;1H3;;/q+1;;;-1;;. The average Bonchev–Trinajstić information content (AvgIpc) is 2.68. The van der Waals surface area contributed by atoms with Crippen molar-refractivity contribution in [2.75, 3.05) is 0 Å². The Morgan fingerprint density at radius 2 is 0.654 bits per heavy atom. The van der Waals surface area contributed by atoms with E-state index in [1.165, 1.54) is 14.7 Å². The largest absolute Gasteiger partial charge is 0.358 e. The van der Waals surface area contributed by atoms with E-state index in [1.807, 2.05) is 27.7 Å². The Balaban J connectivity index is -0.000000709. The molecule has 3 aromatic carbocycles. The second-order valence-electron chi connectivity index (χ2n) is 4.25. The summed E-state index contributed by atoms with van der Waals surface area (Å²) in [4.78, 5) is 4.08. The summed E-state index contributed by atoms with van der Waals surface area (Å²) in [6, 6.07) is 32.2. The van der Waals surface area contributed by atoms with Crippen LogP contribution in [0.5, 0.6) is 0 Å². The predicted octanol–water partition coefficient (Wildman–Crippen LogP) is 7.28. The first-order chi connectivity index (χ1) is 11.4. The van der Waals surface area contributed by atoms with E-state index in [0.29, 0.717) is 0 Å². The van der Waals surface area contributed by atoms with Gasteiger partial charge in [0.25, 0.3) is 0 Å². The molecule has 0 N–H and O–H groups in total. The molecule has 0 nitrogen and oxygen atoms in total. The molecule has 2 radical (unpaired) electrons. The van der Waals surface area contributed by atoms with E-state index in [-0.39, 0.29) is 71.5 Å². The van der Waals surface area contributed by atoms with Gasteiger partial charge in [0.1, 0.15) is 0 Å². The smallest absolute Gasteiger partial charge is 0.166 e. The van der Waals surface area contributed by atoms with Crippen LogP contribution in [0.15, 0.2) is 106 Å². The van der Waals surface area contributed by atoms with Gasteiger partial charge in [0.15, 0.2) is 14.7 Å². The third-order valence-electron chi connectivity index (χ3n) is 2.94. The number of hydrogen-bond acceptors (Lipinski definition) is 0. The fraction of sp³-hybridized carbons (Fsp3) is 0.174. The van der Waals surface area contributed by atoms with Crippen molar-refractivity contribution in [2.45, 2.75) is 42.4 Å². The van der Waals surface area contributed by atoms with E-state index in [4.69, 9.17) is 0 Å². The SMILES string of the molecule is CC.CC.[CH3-].[Re].[Y].c1ccc([S+](c2ccccc2)c2ccccc2)cc1.